The molecule has 6 atom stereocenters. The molecule has 0 spiro atoms. The lowest BCUT2D eigenvalue weighted by Crippen LogP contribution is -2.51. The van der Waals surface area contributed by atoms with E-state index in [1.165, 1.54) is 0 Å². The lowest BCUT2D eigenvalue weighted by atomic mass is 9.91. The molecule has 1 saturated heterocycles. The van der Waals surface area contributed by atoms with Crippen LogP contribution in [0.3, 0.4) is 0 Å². The van der Waals surface area contributed by atoms with Crippen LogP contribution in [0, 0.1) is 0 Å². The Morgan fingerprint density at radius 3 is 2.36 bits per heavy atom. The highest BCUT2D eigenvalue weighted by Gasteiger charge is 2.62. The number of aliphatic hydroxyl groups is 1. The van der Waals surface area contributed by atoms with Crippen molar-refractivity contribution in [2.75, 3.05) is 6.67 Å². The molecule has 0 radical (unpaired) electrons. The van der Waals surface area contributed by atoms with Crippen molar-refractivity contribution < 1.29 is 56.1 Å². The number of nitrogens with one attached hydrogen (secondary N) is 1. The normalized spacial score (nSPS) is 30.0. The SMILES string of the molecule is CC(C)(OP(=O)(O)OP(=O)(O)OP(O)(O)=P)[C@H]1O[C@@H](n2ncc(=O)[nH]c2=O)C(Cl)(CF)[C@H]1O. The number of phosphoric ester groups is 1. The molecule has 1 aromatic heterocycles. The van der Waals surface area contributed by atoms with Gasteiger partial charge in [-0.3, -0.25) is 14.3 Å². The molecule has 1 aromatic rings. The summed E-state index contributed by atoms with van der Waals surface area (Å²) in [7, 11) is -13.6. The zero-order valence-electron chi connectivity index (χ0n) is 16.5. The number of rotatable bonds is 9. The molecule has 1 fully saturated rings. The van der Waals surface area contributed by atoms with E-state index in [1.807, 2.05) is 4.98 Å². The minimum atomic E-state index is -5.59. The number of nitrogens with zero attached hydrogens (tertiary/aromatic N) is 2. The third-order valence-electron chi connectivity index (χ3n) is 4.09. The summed E-state index contributed by atoms with van der Waals surface area (Å²) in [6.07, 6.45) is -5.05. The summed E-state index contributed by atoms with van der Waals surface area (Å²) in [6.45, 7) is 0.505. The Morgan fingerprint density at radius 1 is 1.30 bits per heavy atom. The van der Waals surface area contributed by atoms with Gasteiger partial charge in [0.15, 0.2) is 6.23 Å². The zero-order chi connectivity index (χ0) is 25.6. The number of ether oxygens (including phenoxy) is 1. The summed E-state index contributed by atoms with van der Waals surface area (Å²) >= 11 is 6.15. The molecular formula is C11H19ClFN3O13P4. The number of hydrogen-bond acceptors (Lipinski definition) is 10. The number of phosphoric acid groups is 2. The lowest BCUT2D eigenvalue weighted by Gasteiger charge is -2.34. The summed E-state index contributed by atoms with van der Waals surface area (Å²) in [5.74, 6) is 0. The van der Waals surface area contributed by atoms with Gasteiger partial charge >= 0.3 is 21.3 Å². The molecule has 22 heteroatoms. The molecule has 0 bridgehead atoms. The van der Waals surface area contributed by atoms with Gasteiger partial charge in [-0.05, 0) is 22.4 Å². The van der Waals surface area contributed by atoms with E-state index < -0.39 is 69.7 Å². The van der Waals surface area contributed by atoms with Crippen molar-refractivity contribution in [3.8, 4) is 0 Å². The van der Waals surface area contributed by atoms with E-state index in [2.05, 4.69) is 22.2 Å². The smallest absolute Gasteiger partial charge is 0.388 e. The summed E-state index contributed by atoms with van der Waals surface area (Å²) in [4.78, 5) is 60.0. The summed E-state index contributed by atoms with van der Waals surface area (Å²) in [6, 6.07) is 0. The van der Waals surface area contributed by atoms with Crippen molar-refractivity contribution >= 4 is 43.0 Å². The maximum atomic E-state index is 13.9. The number of hydrogen-bond donors (Lipinski definition) is 6. The first-order chi connectivity index (χ1) is 14.7. The molecule has 0 aliphatic carbocycles. The molecule has 1 aliphatic heterocycles. The maximum absolute atomic E-state index is 13.9. The second-order valence-electron chi connectivity index (χ2n) is 7.14. The highest BCUT2D eigenvalue weighted by molar-refractivity contribution is 7.91. The quantitative estimate of drug-likeness (QED) is 0.166. The molecule has 2 rings (SSSR count). The van der Waals surface area contributed by atoms with Gasteiger partial charge in [-0.1, -0.05) is 0 Å². The second kappa shape index (κ2) is 9.61. The van der Waals surface area contributed by atoms with Crippen LogP contribution in [-0.4, -0.2) is 68.8 Å². The van der Waals surface area contributed by atoms with Crippen LogP contribution in [0.4, 0.5) is 4.39 Å². The second-order valence-corrected chi connectivity index (χ2v) is 14.0. The van der Waals surface area contributed by atoms with Gasteiger partial charge in [-0.25, -0.2) is 22.6 Å². The fourth-order valence-electron chi connectivity index (χ4n) is 2.86. The van der Waals surface area contributed by atoms with Crippen LogP contribution in [0.25, 0.3) is 0 Å². The van der Waals surface area contributed by atoms with E-state index in [9.17, 15) is 38.0 Å². The number of aliphatic hydroxyl groups excluding tert-OH is 1. The minimum Gasteiger partial charge on any atom is -0.388 e. The Balaban J connectivity index is 2.35. The molecule has 6 N–H and O–H groups in total. The van der Waals surface area contributed by atoms with Crippen LogP contribution in [0.2, 0.25) is 0 Å². The Hall–Kier alpha value is -0.340. The molecule has 2 heterocycles. The average molecular weight is 580 g/mol. The fraction of sp³-hybridized carbons (Fsp3) is 0.727. The molecule has 33 heavy (non-hydrogen) atoms. The molecule has 16 nitrogen and oxygen atoms in total. The van der Waals surface area contributed by atoms with Crippen molar-refractivity contribution in [2.24, 2.45) is 0 Å². The van der Waals surface area contributed by atoms with Crippen LogP contribution in [0.5, 0.6) is 0 Å². The first-order valence-corrected chi connectivity index (χ1v) is 14.7. The summed E-state index contributed by atoms with van der Waals surface area (Å²) in [5.41, 5.74) is -4.23. The van der Waals surface area contributed by atoms with E-state index in [0.29, 0.717) is 10.9 Å². The Bertz CT molecular complexity index is 1150. The number of halogens is 2. The maximum Gasteiger partial charge on any atom is 0.488 e. The van der Waals surface area contributed by atoms with Gasteiger partial charge in [0.25, 0.3) is 12.8 Å². The topological polar surface area (TPSA) is 240 Å². The van der Waals surface area contributed by atoms with Crippen LogP contribution in [0.15, 0.2) is 15.8 Å². The molecule has 0 aromatic carbocycles. The van der Waals surface area contributed by atoms with Crippen molar-refractivity contribution in [3.05, 3.63) is 27.0 Å². The van der Waals surface area contributed by atoms with Gasteiger partial charge in [-0.2, -0.15) is 14.1 Å². The zero-order valence-corrected chi connectivity index (χ0v) is 20.9. The van der Waals surface area contributed by atoms with Crippen LogP contribution in [-0.2, 0) is 27.0 Å². The van der Waals surface area contributed by atoms with Gasteiger partial charge in [0.2, 0.25) is 0 Å². The first-order valence-electron chi connectivity index (χ1n) is 8.38. The number of H-pyrrole nitrogens is 1. The van der Waals surface area contributed by atoms with Crippen molar-refractivity contribution in [1.82, 2.24) is 14.8 Å². The minimum absolute atomic E-state index is 0.416. The van der Waals surface area contributed by atoms with Crippen LogP contribution in [0.1, 0.15) is 20.1 Å². The third kappa shape index (κ3) is 6.87. The number of alkyl halides is 2. The van der Waals surface area contributed by atoms with Crippen LogP contribution < -0.4 is 11.2 Å². The van der Waals surface area contributed by atoms with Crippen molar-refractivity contribution in [1.29, 1.82) is 0 Å². The standard InChI is InChI=1S/C11H19ClFN3O13P4/c1-10(2,27-31(20,21)28-32(22,23)29-33(24,25)30)7-6(18)11(12,4-13)8(26-7)16-9(19)15-5(17)3-14-16/h3,6-8,18,24-25,30H,4H2,1-2H3,(H,20,21)(H,22,23)(H,15,17,19)/t6-,7-,8+,11?/m0/s1. The summed E-state index contributed by atoms with van der Waals surface area (Å²) < 4.78 is 56.2. The van der Waals surface area contributed by atoms with Crippen molar-refractivity contribution in [3.63, 3.8) is 0 Å². The highest BCUT2D eigenvalue weighted by atomic mass is 35.5. The van der Waals surface area contributed by atoms with Crippen molar-refractivity contribution in [2.45, 2.75) is 42.8 Å². The Labute approximate surface area is 190 Å². The molecule has 0 saturated carbocycles. The predicted octanol–water partition coefficient (Wildman–Crippen LogP) is -0.0288. The molecule has 3 unspecified atom stereocenters. The first kappa shape index (κ1) is 28.9. The lowest BCUT2D eigenvalue weighted by molar-refractivity contribution is -0.121. The number of aromatic nitrogens is 3. The van der Waals surface area contributed by atoms with E-state index in [1.54, 1.807) is 0 Å². The van der Waals surface area contributed by atoms with Gasteiger partial charge in [0, 0.05) is 0 Å². The van der Waals surface area contributed by atoms with E-state index in [-0.39, 0.29) is 0 Å². The Morgan fingerprint density at radius 2 is 1.88 bits per heavy atom. The predicted molar refractivity (Wildman–Crippen MR) is 110 cm³/mol. The van der Waals surface area contributed by atoms with Gasteiger partial charge in [-0.15, -0.1) is 11.6 Å². The van der Waals surface area contributed by atoms with E-state index in [0.717, 1.165) is 13.8 Å². The average Bonchev–Trinajstić information content (AvgIpc) is 2.83. The van der Waals surface area contributed by atoms with Gasteiger partial charge in [0.05, 0.1) is 0 Å². The van der Waals surface area contributed by atoms with E-state index >= 15 is 0 Å². The molecule has 190 valence electrons. The van der Waals surface area contributed by atoms with E-state index in [4.69, 9.17) is 30.6 Å². The summed E-state index contributed by atoms with van der Waals surface area (Å²) in [5, 5.41) is 14.1. The highest BCUT2D eigenvalue weighted by Crippen LogP contribution is 2.68. The third-order valence-corrected chi connectivity index (χ3v) is 9.42. The monoisotopic (exact) mass is 579 g/mol. The fourth-order valence-corrected chi connectivity index (χ4v) is 7.46. The van der Waals surface area contributed by atoms with Crippen LogP contribution >= 0.6 is 43.0 Å². The largest absolute Gasteiger partial charge is 0.488 e. The molecule has 0 amide bonds. The number of aromatic amines is 1. The van der Waals surface area contributed by atoms with Gasteiger partial charge in [0.1, 0.15) is 35.6 Å². The van der Waals surface area contributed by atoms with Gasteiger partial charge < -0.3 is 29.4 Å². The Kier molecular flexibility index (Phi) is 8.41. The molecular weight excluding hydrogens is 560 g/mol. The molecule has 1 aliphatic rings.